The van der Waals surface area contributed by atoms with Crippen LogP contribution in [0.4, 0.5) is 5.69 Å². The minimum absolute atomic E-state index is 0.177. The largest absolute Gasteiger partial charge is 0.394 e. The molecule has 3 aromatic heterocycles. The number of aromatic nitrogens is 2. The summed E-state index contributed by atoms with van der Waals surface area (Å²) in [6.07, 6.45) is 1.83. The number of anilines is 1. The van der Waals surface area contributed by atoms with Gasteiger partial charge in [-0.1, -0.05) is 5.16 Å². The number of aryl methyl sites for hydroxylation is 4. The number of nitrogens with zero attached hydrogens (tertiary/aromatic N) is 2. The fraction of sp³-hybridized carbons (Fsp3) is 0.294. The molecule has 3 aromatic rings. The average molecular weight is 329 g/mol. The lowest BCUT2D eigenvalue weighted by Gasteiger charge is -2.10. The number of hydrogen-bond donors (Lipinski definition) is 1. The first kappa shape index (κ1) is 15.6. The van der Waals surface area contributed by atoms with Crippen LogP contribution in [0.1, 0.15) is 26.8 Å². The number of nitrogen functional groups attached to an aromatic ring is 1. The Bertz CT molecular complexity index is 914. The normalized spacial score (nSPS) is 11.1. The quantitative estimate of drug-likeness (QED) is 0.799. The van der Waals surface area contributed by atoms with Crippen LogP contribution in [0.3, 0.4) is 0 Å². The molecule has 0 aliphatic carbocycles. The van der Waals surface area contributed by atoms with Gasteiger partial charge in [0.15, 0.2) is 0 Å². The van der Waals surface area contributed by atoms with Gasteiger partial charge in [-0.15, -0.1) is 11.3 Å². The highest BCUT2D eigenvalue weighted by Gasteiger charge is 2.15. The summed E-state index contributed by atoms with van der Waals surface area (Å²) in [6, 6.07) is 3.81. The standard InChI is InChI=1S/C17H19N3O2S/c1-9-5-13(12(4)23-9)7-20-8-14(6-15(18)17(20)21)16-10(2)19-22-11(16)3/h5-6,8H,7,18H2,1-4H3. The second-order valence-electron chi connectivity index (χ2n) is 5.75. The average Bonchev–Trinajstić information content (AvgIpc) is 2.97. The van der Waals surface area contributed by atoms with E-state index in [1.165, 1.54) is 9.75 Å². The zero-order chi connectivity index (χ0) is 16.7. The van der Waals surface area contributed by atoms with E-state index in [9.17, 15) is 4.79 Å². The fourth-order valence-corrected chi connectivity index (χ4v) is 3.77. The van der Waals surface area contributed by atoms with Crippen molar-refractivity contribution in [2.24, 2.45) is 0 Å². The van der Waals surface area contributed by atoms with Gasteiger partial charge in [-0.25, -0.2) is 0 Å². The predicted molar refractivity (Wildman–Crippen MR) is 93.0 cm³/mol. The molecule has 0 fully saturated rings. The first-order valence-electron chi connectivity index (χ1n) is 7.36. The molecular formula is C17H19N3O2S. The molecule has 0 unspecified atom stereocenters. The van der Waals surface area contributed by atoms with Crippen LogP contribution < -0.4 is 11.3 Å². The molecule has 120 valence electrons. The van der Waals surface area contributed by atoms with E-state index in [-0.39, 0.29) is 11.2 Å². The summed E-state index contributed by atoms with van der Waals surface area (Å²) in [4.78, 5) is 14.8. The lowest BCUT2D eigenvalue weighted by atomic mass is 10.1. The number of nitrogens with two attached hydrogens (primary N) is 1. The van der Waals surface area contributed by atoms with Crippen molar-refractivity contribution in [3.63, 3.8) is 0 Å². The fourth-order valence-electron chi connectivity index (χ4n) is 2.83. The summed E-state index contributed by atoms with van der Waals surface area (Å²) in [5.41, 5.74) is 9.67. The zero-order valence-corrected chi connectivity index (χ0v) is 14.5. The molecule has 3 heterocycles. The maximum atomic E-state index is 12.4. The number of hydrogen-bond acceptors (Lipinski definition) is 5. The summed E-state index contributed by atoms with van der Waals surface area (Å²) in [5.74, 6) is 0.717. The van der Waals surface area contributed by atoms with Gasteiger partial charge in [0.1, 0.15) is 5.76 Å². The van der Waals surface area contributed by atoms with Gasteiger partial charge in [-0.3, -0.25) is 4.79 Å². The van der Waals surface area contributed by atoms with E-state index < -0.39 is 0 Å². The number of rotatable bonds is 3. The van der Waals surface area contributed by atoms with Crippen molar-refractivity contribution >= 4 is 17.0 Å². The first-order chi connectivity index (χ1) is 10.9. The van der Waals surface area contributed by atoms with Crippen molar-refractivity contribution in [1.29, 1.82) is 0 Å². The molecule has 23 heavy (non-hydrogen) atoms. The molecule has 0 aliphatic rings. The van der Waals surface area contributed by atoms with Gasteiger partial charge >= 0.3 is 0 Å². The summed E-state index contributed by atoms with van der Waals surface area (Å²) >= 11 is 1.73. The van der Waals surface area contributed by atoms with Crippen molar-refractivity contribution in [3.8, 4) is 11.1 Å². The Kier molecular flexibility index (Phi) is 3.85. The van der Waals surface area contributed by atoms with Gasteiger partial charge in [0.05, 0.1) is 17.9 Å². The molecule has 0 amide bonds. The highest BCUT2D eigenvalue weighted by Crippen LogP contribution is 2.28. The third-order valence-electron chi connectivity index (χ3n) is 3.92. The molecule has 0 radical (unpaired) electrons. The van der Waals surface area contributed by atoms with E-state index in [1.54, 1.807) is 22.0 Å². The summed E-state index contributed by atoms with van der Waals surface area (Å²) in [6.45, 7) is 8.38. The van der Waals surface area contributed by atoms with Gasteiger partial charge in [0, 0.05) is 27.1 Å². The monoisotopic (exact) mass is 329 g/mol. The summed E-state index contributed by atoms with van der Waals surface area (Å²) < 4.78 is 6.88. The van der Waals surface area contributed by atoms with Crippen molar-refractivity contribution in [1.82, 2.24) is 9.72 Å². The highest BCUT2D eigenvalue weighted by atomic mass is 32.1. The van der Waals surface area contributed by atoms with Crippen molar-refractivity contribution in [2.45, 2.75) is 34.2 Å². The van der Waals surface area contributed by atoms with E-state index in [2.05, 4.69) is 25.1 Å². The molecule has 0 atom stereocenters. The molecule has 0 saturated heterocycles. The third-order valence-corrected chi connectivity index (χ3v) is 4.93. The first-order valence-corrected chi connectivity index (χ1v) is 8.17. The molecular weight excluding hydrogens is 310 g/mol. The maximum Gasteiger partial charge on any atom is 0.274 e. The van der Waals surface area contributed by atoms with Crippen LogP contribution in [0.5, 0.6) is 0 Å². The minimum atomic E-state index is -0.177. The second-order valence-corrected chi connectivity index (χ2v) is 7.22. The van der Waals surface area contributed by atoms with E-state index >= 15 is 0 Å². The Morgan fingerprint density at radius 2 is 2.00 bits per heavy atom. The highest BCUT2D eigenvalue weighted by molar-refractivity contribution is 7.12. The number of thiophene rings is 1. The van der Waals surface area contributed by atoms with Gasteiger partial charge in [0.2, 0.25) is 0 Å². The van der Waals surface area contributed by atoms with Crippen molar-refractivity contribution in [3.05, 3.63) is 55.5 Å². The molecule has 0 aliphatic heterocycles. The SMILES string of the molecule is Cc1cc(Cn2cc(-c3c(C)noc3C)cc(N)c2=O)c(C)s1. The van der Waals surface area contributed by atoms with E-state index in [0.29, 0.717) is 6.54 Å². The molecule has 0 spiro atoms. The Balaban J connectivity index is 2.11. The van der Waals surface area contributed by atoms with Gasteiger partial charge in [-0.2, -0.15) is 0 Å². The Hall–Kier alpha value is -2.34. The van der Waals surface area contributed by atoms with E-state index in [1.807, 2.05) is 20.0 Å². The summed E-state index contributed by atoms with van der Waals surface area (Å²) in [7, 11) is 0. The predicted octanol–water partition coefficient (Wildman–Crippen LogP) is 3.43. The van der Waals surface area contributed by atoms with Crippen molar-refractivity contribution in [2.75, 3.05) is 5.73 Å². The van der Waals surface area contributed by atoms with Gasteiger partial charge < -0.3 is 14.8 Å². The van der Waals surface area contributed by atoms with Crippen LogP contribution in [0.25, 0.3) is 11.1 Å². The minimum Gasteiger partial charge on any atom is -0.394 e. The van der Waals surface area contributed by atoms with Crippen LogP contribution in [0.15, 0.2) is 27.6 Å². The smallest absolute Gasteiger partial charge is 0.274 e. The van der Waals surface area contributed by atoms with Gasteiger partial charge in [0.25, 0.3) is 5.56 Å². The molecule has 6 heteroatoms. The van der Waals surface area contributed by atoms with Crippen LogP contribution in [0, 0.1) is 27.7 Å². The third kappa shape index (κ3) is 2.82. The summed E-state index contributed by atoms with van der Waals surface area (Å²) in [5, 5.41) is 3.97. The van der Waals surface area contributed by atoms with E-state index in [0.717, 1.165) is 28.1 Å². The lowest BCUT2D eigenvalue weighted by molar-refractivity contribution is 0.393. The lowest BCUT2D eigenvalue weighted by Crippen LogP contribution is -2.23. The van der Waals surface area contributed by atoms with E-state index in [4.69, 9.17) is 10.3 Å². The molecule has 2 N–H and O–H groups in total. The Morgan fingerprint density at radius 3 is 2.57 bits per heavy atom. The van der Waals surface area contributed by atoms with Crippen LogP contribution in [-0.2, 0) is 6.54 Å². The molecule has 0 saturated carbocycles. The molecule has 0 bridgehead atoms. The maximum absolute atomic E-state index is 12.4. The van der Waals surface area contributed by atoms with Crippen molar-refractivity contribution < 1.29 is 4.52 Å². The Morgan fingerprint density at radius 1 is 1.26 bits per heavy atom. The van der Waals surface area contributed by atoms with Crippen LogP contribution in [-0.4, -0.2) is 9.72 Å². The van der Waals surface area contributed by atoms with Gasteiger partial charge in [-0.05, 0) is 45.4 Å². The zero-order valence-electron chi connectivity index (χ0n) is 13.6. The topological polar surface area (TPSA) is 74.1 Å². The molecule has 3 rings (SSSR count). The molecule has 0 aromatic carbocycles. The second kappa shape index (κ2) is 5.70. The van der Waals surface area contributed by atoms with Crippen LogP contribution in [0.2, 0.25) is 0 Å². The Labute approximate surface area is 138 Å². The van der Waals surface area contributed by atoms with Crippen LogP contribution >= 0.6 is 11.3 Å². The molecule has 5 nitrogen and oxygen atoms in total. The number of pyridine rings is 1.